The topological polar surface area (TPSA) is 46.5 Å². The molecular formula is C29H44O3Si. The van der Waals surface area contributed by atoms with Crippen LogP contribution < -0.4 is 4.43 Å². The lowest BCUT2D eigenvalue weighted by Crippen LogP contribution is -2.44. The van der Waals surface area contributed by atoms with Gasteiger partial charge in [-0.15, -0.1) is 0 Å². The van der Waals surface area contributed by atoms with E-state index < -0.39 is 19.7 Å². The summed E-state index contributed by atoms with van der Waals surface area (Å²) in [6.45, 7) is 17.7. The first-order chi connectivity index (χ1) is 15.2. The van der Waals surface area contributed by atoms with E-state index in [2.05, 4.69) is 71.1 Å². The Morgan fingerprint density at radius 2 is 1.85 bits per heavy atom. The molecule has 1 aromatic carbocycles. The number of carboxylic acid groups (broad SMARTS) is 1. The molecule has 0 aliphatic heterocycles. The Balaban J connectivity index is 1.54. The molecule has 33 heavy (non-hydrogen) atoms. The molecule has 5 atom stereocenters. The molecule has 1 saturated carbocycles. The van der Waals surface area contributed by atoms with Crippen molar-refractivity contribution in [2.45, 2.75) is 97.7 Å². The van der Waals surface area contributed by atoms with Gasteiger partial charge >= 0.3 is 5.97 Å². The minimum atomic E-state index is -1.84. The number of hydrogen-bond donors (Lipinski definition) is 1. The molecule has 0 aromatic heterocycles. The Kier molecular flexibility index (Phi) is 5.96. The van der Waals surface area contributed by atoms with Crippen LogP contribution in [-0.2, 0) is 11.2 Å². The third-order valence-electron chi connectivity index (χ3n) is 9.88. The molecule has 3 nitrogen and oxygen atoms in total. The van der Waals surface area contributed by atoms with E-state index in [4.69, 9.17) is 4.43 Å². The average molecular weight is 469 g/mol. The van der Waals surface area contributed by atoms with Crippen LogP contribution in [0.15, 0.2) is 30.4 Å². The molecule has 0 radical (unpaired) electrons. The van der Waals surface area contributed by atoms with E-state index in [0.29, 0.717) is 23.7 Å². The number of allylic oxidation sites excluding steroid dienone is 2. The molecule has 0 amide bonds. The molecule has 3 aliphatic carbocycles. The highest BCUT2D eigenvalue weighted by molar-refractivity contribution is 6.74. The summed E-state index contributed by atoms with van der Waals surface area (Å²) in [6.07, 6.45) is 10.3. The SMILES string of the molecule is CC(C)(C[C@H]1C=C[C@H]2[C@@H]3CCc4cc(O[Si](C)(C)C(C)(C)C)ccc4[C@H]3CC[C@]12C)C(=O)O. The summed E-state index contributed by atoms with van der Waals surface area (Å²) in [5.74, 6) is 2.57. The van der Waals surface area contributed by atoms with Gasteiger partial charge in [0, 0.05) is 0 Å². The van der Waals surface area contributed by atoms with E-state index >= 15 is 0 Å². The van der Waals surface area contributed by atoms with Crippen molar-refractivity contribution >= 4 is 14.3 Å². The highest BCUT2D eigenvalue weighted by atomic mass is 28.4. The van der Waals surface area contributed by atoms with Gasteiger partial charge < -0.3 is 9.53 Å². The highest BCUT2D eigenvalue weighted by Gasteiger charge is 2.53. The van der Waals surface area contributed by atoms with Crippen LogP contribution in [0.25, 0.3) is 0 Å². The van der Waals surface area contributed by atoms with E-state index in [-0.39, 0.29) is 10.5 Å². The molecular weight excluding hydrogens is 424 g/mol. The van der Waals surface area contributed by atoms with E-state index in [1.54, 1.807) is 5.56 Å². The third-order valence-corrected chi connectivity index (χ3v) is 14.2. The molecule has 1 aromatic rings. The second-order valence-electron chi connectivity index (χ2n) is 13.5. The van der Waals surface area contributed by atoms with Crippen LogP contribution in [0, 0.1) is 28.6 Å². The lowest BCUT2D eigenvalue weighted by molar-refractivity contribution is -0.148. The number of rotatable bonds is 5. The zero-order valence-electron chi connectivity index (χ0n) is 22.0. The van der Waals surface area contributed by atoms with E-state index in [9.17, 15) is 9.90 Å². The Bertz CT molecular complexity index is 954. The predicted molar refractivity (Wildman–Crippen MR) is 138 cm³/mol. The van der Waals surface area contributed by atoms with Gasteiger partial charge in [0.2, 0.25) is 8.32 Å². The summed E-state index contributed by atoms with van der Waals surface area (Å²) in [4.78, 5) is 11.8. The molecule has 0 saturated heterocycles. The molecule has 4 heteroatoms. The number of benzene rings is 1. The van der Waals surface area contributed by atoms with E-state index in [1.807, 2.05) is 13.8 Å². The van der Waals surface area contributed by atoms with Gasteiger partial charge in [-0.05, 0) is 116 Å². The highest BCUT2D eigenvalue weighted by Crippen LogP contribution is 2.62. The summed E-state index contributed by atoms with van der Waals surface area (Å²) in [6, 6.07) is 6.92. The molecule has 1 N–H and O–H groups in total. The Labute approximate surface area is 202 Å². The van der Waals surface area contributed by atoms with Gasteiger partial charge in [0.05, 0.1) is 5.41 Å². The molecule has 0 spiro atoms. The second kappa shape index (κ2) is 8.00. The first-order valence-electron chi connectivity index (χ1n) is 12.9. The monoisotopic (exact) mass is 468 g/mol. The van der Waals surface area contributed by atoms with Crippen LogP contribution in [0.1, 0.15) is 84.3 Å². The van der Waals surface area contributed by atoms with Gasteiger partial charge in [0.1, 0.15) is 5.75 Å². The largest absolute Gasteiger partial charge is 0.543 e. The number of hydrogen-bond acceptors (Lipinski definition) is 2. The molecule has 0 unspecified atom stereocenters. The minimum Gasteiger partial charge on any atom is -0.543 e. The fraction of sp³-hybridized carbons (Fsp3) is 0.690. The van der Waals surface area contributed by atoms with Crippen molar-refractivity contribution in [3.8, 4) is 5.75 Å². The van der Waals surface area contributed by atoms with Gasteiger partial charge in [0.15, 0.2) is 0 Å². The predicted octanol–water partition coefficient (Wildman–Crippen LogP) is 7.82. The van der Waals surface area contributed by atoms with Crippen molar-refractivity contribution in [1.82, 2.24) is 0 Å². The number of fused-ring (bicyclic) bond motifs is 5. The maximum Gasteiger partial charge on any atom is 0.309 e. The fourth-order valence-corrected chi connectivity index (χ4v) is 7.58. The van der Waals surface area contributed by atoms with Gasteiger partial charge in [0.25, 0.3) is 0 Å². The third kappa shape index (κ3) is 4.22. The van der Waals surface area contributed by atoms with Gasteiger partial charge in [-0.2, -0.15) is 0 Å². The van der Waals surface area contributed by atoms with Crippen molar-refractivity contribution in [3.05, 3.63) is 41.5 Å². The summed E-state index contributed by atoms with van der Waals surface area (Å²) in [5, 5.41) is 9.88. The standard InChI is InChI=1S/C29H44O3Si/c1-27(2,3)33(7,8)32-21-11-13-22-19(17-21)9-12-24-23(22)15-16-29(6)20(10-14-25(24)29)18-28(4,5)26(30)31/h10-11,13-14,17,20,23-25H,9,12,15-16,18H2,1-8H3,(H,30,31)/t20-,23-,24-,25+,29-/m1/s1. The van der Waals surface area contributed by atoms with Crippen molar-refractivity contribution in [2.75, 3.05) is 0 Å². The normalized spacial score (nSPS) is 31.5. The minimum absolute atomic E-state index is 0.191. The summed E-state index contributed by atoms with van der Waals surface area (Å²) in [7, 11) is -1.84. The lowest BCUT2D eigenvalue weighted by Gasteiger charge is -2.51. The zero-order chi connectivity index (χ0) is 24.4. The Morgan fingerprint density at radius 3 is 2.48 bits per heavy atom. The van der Waals surface area contributed by atoms with Crippen molar-refractivity contribution in [2.24, 2.45) is 28.6 Å². The average Bonchev–Trinajstić information content (AvgIpc) is 3.02. The van der Waals surface area contributed by atoms with Gasteiger partial charge in [-0.25, -0.2) is 0 Å². The Morgan fingerprint density at radius 1 is 1.15 bits per heavy atom. The van der Waals surface area contributed by atoms with Crippen LogP contribution in [-0.4, -0.2) is 19.4 Å². The number of carbonyl (C=O) groups is 1. The number of aliphatic carboxylic acids is 1. The molecule has 1 fully saturated rings. The summed E-state index contributed by atoms with van der Waals surface area (Å²) < 4.78 is 6.61. The molecule has 0 bridgehead atoms. The maximum atomic E-state index is 11.8. The van der Waals surface area contributed by atoms with Crippen LogP contribution in [0.3, 0.4) is 0 Å². The maximum absolute atomic E-state index is 11.8. The van der Waals surface area contributed by atoms with E-state index in [1.165, 1.54) is 24.8 Å². The van der Waals surface area contributed by atoms with Crippen LogP contribution in [0.4, 0.5) is 0 Å². The first-order valence-corrected chi connectivity index (χ1v) is 15.8. The molecule has 4 rings (SSSR count). The zero-order valence-corrected chi connectivity index (χ0v) is 23.0. The summed E-state index contributed by atoms with van der Waals surface area (Å²) >= 11 is 0. The van der Waals surface area contributed by atoms with Crippen molar-refractivity contribution in [3.63, 3.8) is 0 Å². The summed E-state index contributed by atoms with van der Waals surface area (Å²) in [5.41, 5.74) is 2.54. The second-order valence-corrected chi connectivity index (χ2v) is 18.2. The Hall–Kier alpha value is -1.55. The van der Waals surface area contributed by atoms with Crippen LogP contribution in [0.5, 0.6) is 5.75 Å². The quantitative estimate of drug-likeness (QED) is 0.354. The first kappa shape index (κ1) is 24.6. The molecule has 0 heterocycles. The van der Waals surface area contributed by atoms with E-state index in [0.717, 1.165) is 18.6 Å². The van der Waals surface area contributed by atoms with Crippen LogP contribution in [0.2, 0.25) is 18.1 Å². The van der Waals surface area contributed by atoms with Crippen molar-refractivity contribution < 1.29 is 14.3 Å². The number of carboxylic acids is 1. The molecule has 182 valence electrons. The lowest BCUT2D eigenvalue weighted by atomic mass is 9.53. The number of aryl methyl sites for hydroxylation is 1. The smallest absolute Gasteiger partial charge is 0.309 e. The van der Waals surface area contributed by atoms with Gasteiger partial charge in [-0.1, -0.05) is 45.9 Å². The van der Waals surface area contributed by atoms with Crippen LogP contribution >= 0.6 is 0 Å². The van der Waals surface area contributed by atoms with Gasteiger partial charge in [-0.3, -0.25) is 4.79 Å². The van der Waals surface area contributed by atoms with Crippen molar-refractivity contribution in [1.29, 1.82) is 0 Å². The molecule has 3 aliphatic rings. The fourth-order valence-electron chi connectivity index (χ4n) is 6.55.